The van der Waals surface area contributed by atoms with Crippen LogP contribution in [0.5, 0.6) is 0 Å². The van der Waals surface area contributed by atoms with Crippen LogP contribution in [0.15, 0.2) is 12.2 Å². The number of hydrogen-bond acceptors (Lipinski definition) is 7. The van der Waals surface area contributed by atoms with E-state index in [1.165, 1.54) is 57.8 Å². The number of aliphatic hydroxyl groups excluding tert-OH is 1. The van der Waals surface area contributed by atoms with Gasteiger partial charge in [0.2, 0.25) is 5.91 Å². The molecular weight excluding hydrogens is 486 g/mol. The molecule has 0 rings (SSSR count). The van der Waals surface area contributed by atoms with Crippen molar-refractivity contribution in [3.8, 4) is 0 Å². The standard InChI is InChI=1S/C30H59NO7/c1-2-3-4-5-6-7-8-9-10-11-12-13-14-15-16-29(30(31)33)17-19-34-21-23-36-25-27-38-28-26-37-24-22-35-20-18-32/h9-10,29,32H,2-8,11-28H2,1H3,(H2,31,33)/b10-9-. The fraction of sp³-hybridized carbons (Fsp3) is 0.900. The van der Waals surface area contributed by atoms with E-state index < -0.39 is 0 Å². The fourth-order valence-electron chi connectivity index (χ4n) is 3.99. The molecule has 8 heteroatoms. The molecular formula is C30H59NO7. The highest BCUT2D eigenvalue weighted by atomic mass is 16.6. The molecule has 0 saturated carbocycles. The summed E-state index contributed by atoms with van der Waals surface area (Å²) in [7, 11) is 0. The lowest BCUT2D eigenvalue weighted by Crippen LogP contribution is -2.24. The van der Waals surface area contributed by atoms with Crippen molar-refractivity contribution in [1.29, 1.82) is 0 Å². The van der Waals surface area contributed by atoms with Crippen molar-refractivity contribution >= 4 is 5.91 Å². The maximum atomic E-state index is 11.8. The van der Waals surface area contributed by atoms with Gasteiger partial charge in [-0.2, -0.15) is 0 Å². The van der Waals surface area contributed by atoms with Gasteiger partial charge in [-0.25, -0.2) is 0 Å². The number of allylic oxidation sites excluding steroid dienone is 2. The molecule has 1 atom stereocenters. The number of carbonyl (C=O) groups excluding carboxylic acids is 1. The molecule has 38 heavy (non-hydrogen) atoms. The molecule has 0 aromatic carbocycles. The van der Waals surface area contributed by atoms with E-state index in [0.717, 1.165) is 25.7 Å². The number of aliphatic hydroxyl groups is 1. The first-order valence-corrected chi connectivity index (χ1v) is 15.2. The molecule has 1 amide bonds. The Morgan fingerprint density at radius 3 is 1.50 bits per heavy atom. The molecule has 0 aromatic heterocycles. The summed E-state index contributed by atoms with van der Waals surface area (Å²) in [5, 5.41) is 8.58. The van der Waals surface area contributed by atoms with Gasteiger partial charge in [0, 0.05) is 12.5 Å². The molecule has 0 aliphatic rings. The van der Waals surface area contributed by atoms with Crippen LogP contribution < -0.4 is 5.73 Å². The summed E-state index contributed by atoms with van der Waals surface area (Å²) < 4.78 is 26.9. The van der Waals surface area contributed by atoms with Gasteiger partial charge < -0.3 is 34.5 Å². The van der Waals surface area contributed by atoms with Gasteiger partial charge in [-0.05, 0) is 38.5 Å². The monoisotopic (exact) mass is 545 g/mol. The largest absolute Gasteiger partial charge is 0.394 e. The molecule has 3 N–H and O–H groups in total. The van der Waals surface area contributed by atoms with Gasteiger partial charge in [0.05, 0.1) is 66.1 Å². The SMILES string of the molecule is CCCCCCCC/C=C\CCCCCCC(CCOCCOCCOCCOCCOCCO)C(N)=O. The first kappa shape index (κ1) is 37.0. The van der Waals surface area contributed by atoms with Crippen LogP contribution in [-0.2, 0) is 28.5 Å². The lowest BCUT2D eigenvalue weighted by molar-refractivity contribution is -0.122. The third-order valence-electron chi connectivity index (χ3n) is 6.30. The molecule has 0 heterocycles. The predicted octanol–water partition coefficient (Wildman–Crippen LogP) is 5.20. The second kappa shape index (κ2) is 32.2. The van der Waals surface area contributed by atoms with Gasteiger partial charge in [0.1, 0.15) is 0 Å². The number of unbranched alkanes of at least 4 members (excludes halogenated alkanes) is 10. The van der Waals surface area contributed by atoms with E-state index in [1.807, 2.05) is 0 Å². The maximum absolute atomic E-state index is 11.8. The smallest absolute Gasteiger partial charge is 0.220 e. The van der Waals surface area contributed by atoms with Gasteiger partial charge in [0.25, 0.3) is 0 Å². The van der Waals surface area contributed by atoms with Crippen molar-refractivity contribution < 1.29 is 33.6 Å². The summed E-state index contributed by atoms with van der Waals surface area (Å²) in [6, 6.07) is 0. The van der Waals surface area contributed by atoms with Crippen LogP contribution in [-0.4, -0.2) is 83.7 Å². The Morgan fingerprint density at radius 1 is 0.605 bits per heavy atom. The number of rotatable bonds is 32. The number of ether oxygens (including phenoxy) is 5. The summed E-state index contributed by atoms with van der Waals surface area (Å²) in [5.41, 5.74) is 5.59. The zero-order valence-corrected chi connectivity index (χ0v) is 24.4. The number of nitrogens with two attached hydrogens (primary N) is 1. The Balaban J connectivity index is 3.43. The Morgan fingerprint density at radius 2 is 1.03 bits per heavy atom. The van der Waals surface area contributed by atoms with Crippen LogP contribution in [0.2, 0.25) is 0 Å². The summed E-state index contributed by atoms with van der Waals surface area (Å²) in [5.74, 6) is -0.328. The molecule has 0 spiro atoms. The van der Waals surface area contributed by atoms with Crippen LogP contribution in [0.4, 0.5) is 0 Å². The highest BCUT2D eigenvalue weighted by molar-refractivity contribution is 5.76. The molecule has 0 fully saturated rings. The van der Waals surface area contributed by atoms with Crippen LogP contribution in [0.1, 0.15) is 96.8 Å². The molecule has 0 bridgehead atoms. The third kappa shape index (κ3) is 29.5. The number of primary amides is 1. The van der Waals surface area contributed by atoms with E-state index in [0.29, 0.717) is 72.5 Å². The Labute approximate surface area is 232 Å². The molecule has 8 nitrogen and oxygen atoms in total. The summed E-state index contributed by atoms with van der Waals surface area (Å²) in [6.07, 6.45) is 21.3. The molecule has 226 valence electrons. The number of carbonyl (C=O) groups is 1. The fourth-order valence-corrected chi connectivity index (χ4v) is 3.99. The van der Waals surface area contributed by atoms with E-state index in [2.05, 4.69) is 19.1 Å². The number of hydrogen-bond donors (Lipinski definition) is 2. The second-order valence-electron chi connectivity index (χ2n) is 9.69. The predicted molar refractivity (Wildman–Crippen MR) is 153 cm³/mol. The lowest BCUT2D eigenvalue weighted by Gasteiger charge is -2.13. The minimum Gasteiger partial charge on any atom is -0.394 e. The zero-order chi connectivity index (χ0) is 27.8. The zero-order valence-electron chi connectivity index (χ0n) is 24.4. The average molecular weight is 546 g/mol. The molecule has 0 radical (unpaired) electrons. The van der Waals surface area contributed by atoms with Crippen LogP contribution >= 0.6 is 0 Å². The molecule has 1 unspecified atom stereocenters. The summed E-state index contributed by atoms with van der Waals surface area (Å²) in [6.45, 7) is 7.12. The average Bonchev–Trinajstić information content (AvgIpc) is 2.91. The second-order valence-corrected chi connectivity index (χ2v) is 9.69. The van der Waals surface area contributed by atoms with Crippen LogP contribution in [0.3, 0.4) is 0 Å². The van der Waals surface area contributed by atoms with E-state index in [4.69, 9.17) is 34.5 Å². The quantitative estimate of drug-likeness (QED) is 0.0883. The van der Waals surface area contributed by atoms with Gasteiger partial charge in [0.15, 0.2) is 0 Å². The van der Waals surface area contributed by atoms with Gasteiger partial charge >= 0.3 is 0 Å². The van der Waals surface area contributed by atoms with Crippen LogP contribution in [0.25, 0.3) is 0 Å². The Hall–Kier alpha value is -1.03. The van der Waals surface area contributed by atoms with Crippen molar-refractivity contribution in [2.75, 3.05) is 72.7 Å². The highest BCUT2D eigenvalue weighted by Gasteiger charge is 2.14. The van der Waals surface area contributed by atoms with Gasteiger partial charge in [-0.15, -0.1) is 0 Å². The Bertz CT molecular complexity index is 505. The van der Waals surface area contributed by atoms with E-state index in [-0.39, 0.29) is 18.4 Å². The molecule has 0 aliphatic carbocycles. The molecule has 0 aliphatic heterocycles. The van der Waals surface area contributed by atoms with E-state index in [1.54, 1.807) is 0 Å². The first-order chi connectivity index (χ1) is 18.7. The van der Waals surface area contributed by atoms with E-state index >= 15 is 0 Å². The normalized spacial score (nSPS) is 12.5. The molecule has 0 saturated heterocycles. The van der Waals surface area contributed by atoms with Crippen molar-refractivity contribution in [2.45, 2.75) is 96.8 Å². The van der Waals surface area contributed by atoms with Gasteiger partial charge in [-0.1, -0.05) is 70.4 Å². The van der Waals surface area contributed by atoms with Gasteiger partial charge in [-0.3, -0.25) is 4.79 Å². The van der Waals surface area contributed by atoms with Crippen molar-refractivity contribution in [3.05, 3.63) is 12.2 Å². The minimum absolute atomic E-state index is 0.0278. The lowest BCUT2D eigenvalue weighted by atomic mass is 9.97. The van der Waals surface area contributed by atoms with Crippen LogP contribution in [0, 0.1) is 5.92 Å². The Kier molecular flexibility index (Phi) is 31.3. The van der Waals surface area contributed by atoms with E-state index in [9.17, 15) is 4.79 Å². The number of amides is 1. The molecule has 0 aromatic rings. The van der Waals surface area contributed by atoms with Crippen molar-refractivity contribution in [3.63, 3.8) is 0 Å². The summed E-state index contributed by atoms with van der Waals surface area (Å²) >= 11 is 0. The van der Waals surface area contributed by atoms with Crippen molar-refractivity contribution in [2.24, 2.45) is 11.7 Å². The first-order valence-electron chi connectivity index (χ1n) is 15.2. The maximum Gasteiger partial charge on any atom is 0.220 e. The minimum atomic E-state index is -0.221. The third-order valence-corrected chi connectivity index (χ3v) is 6.30. The summed E-state index contributed by atoms with van der Waals surface area (Å²) in [4.78, 5) is 11.8. The topological polar surface area (TPSA) is 109 Å². The highest BCUT2D eigenvalue weighted by Crippen LogP contribution is 2.15. The van der Waals surface area contributed by atoms with Crippen molar-refractivity contribution in [1.82, 2.24) is 0 Å².